The summed E-state index contributed by atoms with van der Waals surface area (Å²) in [5.41, 5.74) is 5.12. The molecule has 31 heavy (non-hydrogen) atoms. The van der Waals surface area contributed by atoms with Crippen LogP contribution in [0.3, 0.4) is 0 Å². The van der Waals surface area contributed by atoms with E-state index in [1.165, 1.54) is 5.69 Å². The summed E-state index contributed by atoms with van der Waals surface area (Å²) >= 11 is 0. The Labute approximate surface area is 183 Å². The van der Waals surface area contributed by atoms with Gasteiger partial charge in [0.25, 0.3) is 0 Å². The highest BCUT2D eigenvalue weighted by Crippen LogP contribution is 2.25. The number of fused-ring (bicyclic) bond motifs is 1. The van der Waals surface area contributed by atoms with Gasteiger partial charge in [0.05, 0.1) is 23.2 Å². The number of aryl methyl sites for hydroxylation is 1. The van der Waals surface area contributed by atoms with Gasteiger partial charge in [-0.2, -0.15) is 0 Å². The van der Waals surface area contributed by atoms with E-state index < -0.39 is 0 Å². The maximum atomic E-state index is 12.7. The Morgan fingerprint density at radius 2 is 1.65 bits per heavy atom. The van der Waals surface area contributed by atoms with Gasteiger partial charge in [-0.1, -0.05) is 0 Å². The molecule has 1 aliphatic rings. The van der Waals surface area contributed by atoms with Crippen LogP contribution in [-0.2, 0) is 18.3 Å². The molecule has 1 fully saturated rings. The molecule has 1 aliphatic heterocycles. The smallest absolute Gasteiger partial charge is 0.328 e. The third-order valence-electron chi connectivity index (χ3n) is 5.86. The number of morpholine rings is 1. The molecular formula is C24H33N5O2. The van der Waals surface area contributed by atoms with E-state index in [-0.39, 0.29) is 17.9 Å². The minimum atomic E-state index is 0.0207. The van der Waals surface area contributed by atoms with Crippen LogP contribution >= 0.6 is 0 Å². The molecule has 7 heteroatoms. The largest absolute Gasteiger partial charge is 0.372 e. The van der Waals surface area contributed by atoms with Gasteiger partial charge in [-0.15, -0.1) is 0 Å². The Balaban J connectivity index is 1.52. The molecule has 2 heterocycles. The standard InChI is InChI=1S/C24H33N5O2/c1-17-15-28(16-18(2)31-17)21-9-6-19(7-10-21)25-20-8-11-22-23(14-20)27(5)24(30)29(22)13-12-26(3)4/h6-11,14,17-18,25H,12-13,15-16H2,1-5H3. The molecule has 3 aromatic rings. The van der Waals surface area contributed by atoms with Crippen molar-refractivity contribution in [3.63, 3.8) is 0 Å². The SMILES string of the molecule is CC1CN(c2ccc(Nc3ccc4c(c3)n(C)c(=O)n4CCN(C)C)cc2)CC(C)O1. The molecule has 166 valence electrons. The van der Waals surface area contributed by atoms with Crippen LogP contribution in [0.25, 0.3) is 11.0 Å². The molecule has 0 amide bonds. The third-order valence-corrected chi connectivity index (χ3v) is 5.86. The van der Waals surface area contributed by atoms with Gasteiger partial charge >= 0.3 is 5.69 Å². The number of nitrogens with one attached hydrogen (secondary N) is 1. The molecule has 4 rings (SSSR count). The Morgan fingerprint density at radius 1 is 1.00 bits per heavy atom. The van der Waals surface area contributed by atoms with Crippen LogP contribution in [0.5, 0.6) is 0 Å². The van der Waals surface area contributed by atoms with Crippen LogP contribution in [0.4, 0.5) is 17.1 Å². The van der Waals surface area contributed by atoms with E-state index in [4.69, 9.17) is 4.74 Å². The first-order valence-corrected chi connectivity index (χ1v) is 10.9. The first-order valence-electron chi connectivity index (χ1n) is 10.9. The maximum Gasteiger partial charge on any atom is 0.328 e. The van der Waals surface area contributed by atoms with E-state index in [1.807, 2.05) is 43.9 Å². The molecule has 0 radical (unpaired) electrons. The van der Waals surface area contributed by atoms with Crippen molar-refractivity contribution >= 4 is 28.1 Å². The van der Waals surface area contributed by atoms with Gasteiger partial charge in [0, 0.05) is 50.3 Å². The second kappa shape index (κ2) is 8.77. The molecule has 1 N–H and O–H groups in total. The van der Waals surface area contributed by atoms with Crippen molar-refractivity contribution in [2.45, 2.75) is 32.6 Å². The third kappa shape index (κ3) is 4.62. The van der Waals surface area contributed by atoms with Crippen molar-refractivity contribution in [3.05, 3.63) is 52.9 Å². The summed E-state index contributed by atoms with van der Waals surface area (Å²) in [4.78, 5) is 17.1. The summed E-state index contributed by atoms with van der Waals surface area (Å²) in [6, 6.07) is 14.6. The predicted molar refractivity (Wildman–Crippen MR) is 128 cm³/mol. The lowest BCUT2D eigenvalue weighted by atomic mass is 10.2. The number of hydrogen-bond acceptors (Lipinski definition) is 5. The summed E-state index contributed by atoms with van der Waals surface area (Å²) < 4.78 is 9.41. The molecule has 1 aromatic heterocycles. The van der Waals surface area contributed by atoms with Crippen molar-refractivity contribution in [1.82, 2.24) is 14.0 Å². The Morgan fingerprint density at radius 3 is 2.29 bits per heavy atom. The first kappa shape index (κ1) is 21.5. The zero-order valence-electron chi connectivity index (χ0n) is 19.1. The van der Waals surface area contributed by atoms with E-state index in [2.05, 4.69) is 53.2 Å². The lowest BCUT2D eigenvalue weighted by Gasteiger charge is -2.36. The Hall–Kier alpha value is -2.77. The molecule has 0 spiro atoms. The molecular weight excluding hydrogens is 390 g/mol. The van der Waals surface area contributed by atoms with E-state index in [1.54, 1.807) is 4.57 Å². The quantitative estimate of drug-likeness (QED) is 0.660. The Kier molecular flexibility index (Phi) is 6.07. The molecule has 7 nitrogen and oxygen atoms in total. The molecule has 0 saturated carbocycles. The fourth-order valence-corrected chi connectivity index (χ4v) is 4.31. The number of imidazole rings is 1. The number of rotatable bonds is 6. The second-order valence-corrected chi connectivity index (χ2v) is 8.83. The van der Waals surface area contributed by atoms with Crippen molar-refractivity contribution in [2.24, 2.45) is 7.05 Å². The zero-order valence-corrected chi connectivity index (χ0v) is 19.1. The predicted octanol–water partition coefficient (Wildman–Crippen LogP) is 3.26. The van der Waals surface area contributed by atoms with Crippen molar-refractivity contribution < 1.29 is 4.74 Å². The van der Waals surface area contributed by atoms with Crippen molar-refractivity contribution in [2.75, 3.05) is 43.9 Å². The molecule has 2 atom stereocenters. The van der Waals surface area contributed by atoms with Gasteiger partial charge in [-0.05, 0) is 70.4 Å². The fourth-order valence-electron chi connectivity index (χ4n) is 4.31. The van der Waals surface area contributed by atoms with Crippen LogP contribution in [0, 0.1) is 0 Å². The number of ether oxygens (including phenoxy) is 1. The number of nitrogens with zero attached hydrogens (tertiary/aromatic N) is 4. The number of benzene rings is 2. The minimum Gasteiger partial charge on any atom is -0.372 e. The summed E-state index contributed by atoms with van der Waals surface area (Å²) in [5.74, 6) is 0. The highest BCUT2D eigenvalue weighted by molar-refractivity contribution is 5.81. The van der Waals surface area contributed by atoms with Gasteiger partial charge < -0.3 is 19.9 Å². The lowest BCUT2D eigenvalue weighted by molar-refractivity contribution is -0.00521. The van der Waals surface area contributed by atoms with Gasteiger partial charge in [-0.3, -0.25) is 9.13 Å². The van der Waals surface area contributed by atoms with E-state index in [0.29, 0.717) is 6.54 Å². The van der Waals surface area contributed by atoms with Crippen LogP contribution in [-0.4, -0.2) is 60.0 Å². The van der Waals surface area contributed by atoms with Crippen molar-refractivity contribution in [3.8, 4) is 0 Å². The highest BCUT2D eigenvalue weighted by atomic mass is 16.5. The summed E-state index contributed by atoms with van der Waals surface area (Å²) in [6.45, 7) is 7.56. The number of hydrogen-bond donors (Lipinski definition) is 1. The average molecular weight is 424 g/mol. The first-order chi connectivity index (χ1) is 14.8. The normalized spacial score (nSPS) is 19.4. The van der Waals surface area contributed by atoms with E-state index in [9.17, 15) is 4.79 Å². The minimum absolute atomic E-state index is 0.0207. The number of likely N-dealkylation sites (N-methyl/N-ethyl adjacent to an activating group) is 1. The van der Waals surface area contributed by atoms with Crippen LogP contribution < -0.4 is 15.9 Å². The monoisotopic (exact) mass is 423 g/mol. The molecule has 0 aliphatic carbocycles. The fraction of sp³-hybridized carbons (Fsp3) is 0.458. The summed E-state index contributed by atoms with van der Waals surface area (Å²) in [7, 11) is 5.87. The van der Waals surface area contributed by atoms with Crippen LogP contribution in [0.15, 0.2) is 47.3 Å². The summed E-state index contributed by atoms with van der Waals surface area (Å²) in [6.07, 6.45) is 0.481. The van der Waals surface area contributed by atoms with Crippen LogP contribution in [0.2, 0.25) is 0 Å². The molecule has 0 bridgehead atoms. The molecule has 2 aromatic carbocycles. The topological polar surface area (TPSA) is 54.7 Å². The zero-order chi connectivity index (χ0) is 22.1. The van der Waals surface area contributed by atoms with Gasteiger partial charge in [-0.25, -0.2) is 4.79 Å². The molecule has 1 saturated heterocycles. The maximum absolute atomic E-state index is 12.7. The number of anilines is 3. The average Bonchev–Trinajstić information content (AvgIpc) is 2.96. The summed E-state index contributed by atoms with van der Waals surface area (Å²) in [5, 5.41) is 3.47. The molecule has 2 unspecified atom stereocenters. The van der Waals surface area contributed by atoms with E-state index in [0.717, 1.165) is 42.0 Å². The Bertz CT molecular complexity index is 1090. The van der Waals surface area contributed by atoms with Gasteiger partial charge in [0.1, 0.15) is 0 Å². The second-order valence-electron chi connectivity index (χ2n) is 8.83. The van der Waals surface area contributed by atoms with Crippen molar-refractivity contribution in [1.29, 1.82) is 0 Å². The van der Waals surface area contributed by atoms with Gasteiger partial charge in [0.15, 0.2) is 0 Å². The van der Waals surface area contributed by atoms with E-state index >= 15 is 0 Å². The lowest BCUT2D eigenvalue weighted by Crippen LogP contribution is -2.45. The van der Waals surface area contributed by atoms with Gasteiger partial charge in [0.2, 0.25) is 0 Å². The van der Waals surface area contributed by atoms with Crippen LogP contribution in [0.1, 0.15) is 13.8 Å². The highest BCUT2D eigenvalue weighted by Gasteiger charge is 2.22. The number of aromatic nitrogens is 2.